The van der Waals surface area contributed by atoms with Crippen molar-refractivity contribution < 1.29 is 4.43 Å². The third-order valence-corrected chi connectivity index (χ3v) is 13.0. The van der Waals surface area contributed by atoms with Gasteiger partial charge in [-0.3, -0.25) is 0 Å². The molecule has 2 aromatic rings. The topological polar surface area (TPSA) is 9.23 Å². The van der Waals surface area contributed by atoms with Gasteiger partial charge in [-0.15, -0.1) is 0 Å². The van der Waals surface area contributed by atoms with Gasteiger partial charge < -0.3 is 4.43 Å². The highest BCUT2D eigenvalue weighted by atomic mass is 28.4. The molecule has 1 nitrogen and oxygen atoms in total. The number of benzene rings is 2. The normalized spacial score (nSPS) is 24.2. The second-order valence-corrected chi connectivity index (χ2v) is 16.8. The molecular formula is C36H50OSi. The lowest BCUT2D eigenvalue weighted by molar-refractivity contribution is 0.232. The molecule has 0 fully saturated rings. The highest BCUT2D eigenvalue weighted by molar-refractivity contribution is 6.99. The van der Waals surface area contributed by atoms with Crippen LogP contribution in [-0.4, -0.2) is 14.4 Å². The summed E-state index contributed by atoms with van der Waals surface area (Å²) in [5.74, 6) is 0.561. The molecule has 3 rings (SSSR count). The van der Waals surface area contributed by atoms with Gasteiger partial charge in [0.1, 0.15) is 0 Å². The molecule has 0 aromatic heterocycles. The smallest absolute Gasteiger partial charge is 0.261 e. The maximum absolute atomic E-state index is 7.60. The van der Waals surface area contributed by atoms with E-state index in [4.69, 9.17) is 4.43 Å². The SMILES string of the molecule is C/C1=C\C(O[Si](c2ccccc2)(c2ccccc2)C(C)(C)C)C/C(C)=C/C=C(/C(C)C)CC/C(C)=C/CC1. The molecule has 0 spiro atoms. The largest absolute Gasteiger partial charge is 0.401 e. The van der Waals surface area contributed by atoms with Crippen LogP contribution in [0.4, 0.5) is 0 Å². The Morgan fingerprint density at radius 1 is 0.737 bits per heavy atom. The first-order chi connectivity index (χ1) is 18.0. The summed E-state index contributed by atoms with van der Waals surface area (Å²) < 4.78 is 7.60. The van der Waals surface area contributed by atoms with E-state index in [9.17, 15) is 0 Å². The Hall–Kier alpha value is -2.42. The zero-order valence-electron chi connectivity index (χ0n) is 25.2. The van der Waals surface area contributed by atoms with Crippen molar-refractivity contribution in [3.05, 3.63) is 107 Å². The molecule has 0 aliphatic heterocycles. The van der Waals surface area contributed by atoms with Crippen LogP contribution in [0.1, 0.15) is 87.5 Å². The number of allylic oxidation sites excluding steroid dienone is 6. The summed E-state index contributed by atoms with van der Waals surface area (Å²) in [7, 11) is -2.65. The maximum atomic E-state index is 7.60. The average molecular weight is 527 g/mol. The fourth-order valence-corrected chi connectivity index (χ4v) is 10.3. The molecule has 1 unspecified atom stereocenters. The van der Waals surface area contributed by atoms with Gasteiger partial charge in [-0.1, -0.05) is 142 Å². The summed E-state index contributed by atoms with van der Waals surface area (Å²) in [6, 6.07) is 22.1. The molecule has 1 aliphatic rings. The van der Waals surface area contributed by atoms with Gasteiger partial charge in [-0.25, -0.2) is 0 Å². The zero-order valence-corrected chi connectivity index (χ0v) is 26.2. The third kappa shape index (κ3) is 7.80. The van der Waals surface area contributed by atoms with Gasteiger partial charge in [0.25, 0.3) is 8.32 Å². The lowest BCUT2D eigenvalue weighted by Crippen LogP contribution is -2.67. The lowest BCUT2D eigenvalue weighted by atomic mass is 9.94. The van der Waals surface area contributed by atoms with Crippen LogP contribution in [-0.2, 0) is 4.43 Å². The molecule has 0 saturated heterocycles. The first-order valence-electron chi connectivity index (χ1n) is 14.5. The van der Waals surface area contributed by atoms with Gasteiger partial charge in [-0.2, -0.15) is 0 Å². The van der Waals surface area contributed by atoms with E-state index in [1.165, 1.54) is 32.7 Å². The minimum atomic E-state index is -2.65. The van der Waals surface area contributed by atoms with Crippen LogP contribution >= 0.6 is 0 Å². The summed E-state index contributed by atoms with van der Waals surface area (Å²) in [6.07, 6.45) is 15.0. The van der Waals surface area contributed by atoms with Crippen LogP contribution < -0.4 is 10.4 Å². The summed E-state index contributed by atoms with van der Waals surface area (Å²) >= 11 is 0. The fraction of sp³-hybridized carbons (Fsp3) is 0.444. The highest BCUT2D eigenvalue weighted by Crippen LogP contribution is 2.38. The highest BCUT2D eigenvalue weighted by Gasteiger charge is 2.51. The Balaban J connectivity index is 2.14. The minimum Gasteiger partial charge on any atom is -0.401 e. The minimum absolute atomic E-state index is 0.0153. The van der Waals surface area contributed by atoms with E-state index in [1.807, 2.05) is 0 Å². The molecular weight excluding hydrogens is 476 g/mol. The second-order valence-electron chi connectivity index (χ2n) is 12.5. The van der Waals surface area contributed by atoms with Crippen molar-refractivity contribution >= 4 is 18.7 Å². The van der Waals surface area contributed by atoms with Crippen LogP contribution in [0.15, 0.2) is 107 Å². The summed E-state index contributed by atoms with van der Waals surface area (Å²) in [5.41, 5.74) is 5.83. The van der Waals surface area contributed by atoms with Crippen LogP contribution in [0, 0.1) is 5.92 Å². The van der Waals surface area contributed by atoms with Gasteiger partial charge in [0.05, 0.1) is 6.10 Å². The molecule has 0 radical (unpaired) electrons. The first-order valence-corrected chi connectivity index (χ1v) is 16.4. The van der Waals surface area contributed by atoms with Gasteiger partial charge in [0.15, 0.2) is 0 Å². The number of hydrogen-bond acceptors (Lipinski definition) is 1. The van der Waals surface area contributed by atoms with Crippen molar-refractivity contribution in [2.45, 2.75) is 98.6 Å². The first kappa shape index (κ1) is 30.1. The summed E-state index contributed by atoms with van der Waals surface area (Å²) in [5, 5.41) is 2.64. The molecule has 1 atom stereocenters. The van der Waals surface area contributed by atoms with E-state index in [1.54, 1.807) is 0 Å². The van der Waals surface area contributed by atoms with Crippen molar-refractivity contribution in [3.63, 3.8) is 0 Å². The Kier molecular flexibility index (Phi) is 10.8. The standard InChI is InChI=1S/C36H50OSi/c1-28(2)32-24-22-29(3)16-15-17-30(4)26-33(27-31(5)23-25-32)37-38(36(6,7)8,34-18-11-9-12-19-34)35-20-13-10-14-21-35/h9-14,16,18-21,23,25-26,28,33H,15,17,22,24,27H2,1-8H3/b29-16+,30-26+,31-23+,32-25+. The third-order valence-electron chi connectivity index (χ3n) is 7.90. The van der Waals surface area contributed by atoms with Gasteiger partial charge in [-0.05, 0) is 74.2 Å². The van der Waals surface area contributed by atoms with E-state index in [-0.39, 0.29) is 11.1 Å². The fourth-order valence-electron chi connectivity index (χ4n) is 5.64. The van der Waals surface area contributed by atoms with Crippen LogP contribution in [0.3, 0.4) is 0 Å². The molecule has 2 aromatic carbocycles. The predicted molar refractivity (Wildman–Crippen MR) is 170 cm³/mol. The van der Waals surface area contributed by atoms with Crippen LogP contribution in [0.2, 0.25) is 5.04 Å². The van der Waals surface area contributed by atoms with Crippen molar-refractivity contribution in [2.24, 2.45) is 5.92 Å². The monoisotopic (exact) mass is 526 g/mol. The quantitative estimate of drug-likeness (QED) is 0.278. The number of rotatable bonds is 5. The molecule has 0 N–H and O–H groups in total. The summed E-state index contributed by atoms with van der Waals surface area (Å²) in [6.45, 7) is 18.6. The molecule has 0 saturated carbocycles. The predicted octanol–water partition coefficient (Wildman–Crippen LogP) is 9.32. The number of hydrogen-bond donors (Lipinski definition) is 0. The van der Waals surface area contributed by atoms with E-state index in [0.717, 1.165) is 32.1 Å². The van der Waals surface area contributed by atoms with E-state index >= 15 is 0 Å². The van der Waals surface area contributed by atoms with E-state index in [2.05, 4.69) is 140 Å². The van der Waals surface area contributed by atoms with Crippen molar-refractivity contribution in [1.29, 1.82) is 0 Å². The van der Waals surface area contributed by atoms with Gasteiger partial charge in [0, 0.05) is 0 Å². The molecule has 0 bridgehead atoms. The Labute approximate surface area is 234 Å². The van der Waals surface area contributed by atoms with Crippen molar-refractivity contribution in [1.82, 2.24) is 0 Å². The van der Waals surface area contributed by atoms with Gasteiger partial charge >= 0.3 is 0 Å². The van der Waals surface area contributed by atoms with Crippen LogP contribution in [0.25, 0.3) is 0 Å². The zero-order chi connectivity index (χ0) is 27.8. The molecule has 0 heterocycles. The Bertz CT molecular complexity index is 1100. The van der Waals surface area contributed by atoms with E-state index < -0.39 is 8.32 Å². The molecule has 204 valence electrons. The second kappa shape index (κ2) is 13.6. The molecule has 1 aliphatic carbocycles. The lowest BCUT2D eigenvalue weighted by Gasteiger charge is -2.45. The van der Waals surface area contributed by atoms with Crippen LogP contribution in [0.5, 0.6) is 0 Å². The average Bonchev–Trinajstić information content (AvgIpc) is 2.86. The maximum Gasteiger partial charge on any atom is 0.261 e. The molecule has 38 heavy (non-hydrogen) atoms. The molecule has 0 amide bonds. The summed E-state index contributed by atoms with van der Waals surface area (Å²) in [4.78, 5) is 0. The Morgan fingerprint density at radius 3 is 1.84 bits per heavy atom. The molecule has 2 heteroatoms. The Morgan fingerprint density at radius 2 is 1.32 bits per heavy atom. The van der Waals surface area contributed by atoms with Crippen molar-refractivity contribution in [3.8, 4) is 0 Å². The van der Waals surface area contributed by atoms with Crippen molar-refractivity contribution in [2.75, 3.05) is 0 Å². The van der Waals surface area contributed by atoms with E-state index in [0.29, 0.717) is 5.92 Å². The van der Waals surface area contributed by atoms with Gasteiger partial charge in [0.2, 0.25) is 0 Å².